The highest BCUT2D eigenvalue weighted by molar-refractivity contribution is 5.97. The van der Waals surface area contributed by atoms with Crippen molar-refractivity contribution in [2.45, 2.75) is 26.8 Å². The number of hydrogen-bond donors (Lipinski definition) is 1. The molecule has 6 heteroatoms. The topological polar surface area (TPSA) is 61.9 Å². The van der Waals surface area contributed by atoms with E-state index in [0.29, 0.717) is 18.7 Å². The van der Waals surface area contributed by atoms with E-state index >= 15 is 0 Å². The Balaban J connectivity index is 1.63. The van der Waals surface area contributed by atoms with Gasteiger partial charge >= 0.3 is 0 Å². The minimum absolute atomic E-state index is 0.00248. The molecule has 1 aliphatic rings. The Kier molecular flexibility index (Phi) is 6.98. The molecule has 1 unspecified atom stereocenters. The van der Waals surface area contributed by atoms with Crippen molar-refractivity contribution in [3.05, 3.63) is 59.7 Å². The average molecular weight is 410 g/mol. The van der Waals surface area contributed by atoms with Crippen LogP contribution in [-0.4, -0.2) is 56.0 Å². The zero-order valence-corrected chi connectivity index (χ0v) is 18.2. The van der Waals surface area contributed by atoms with E-state index in [1.807, 2.05) is 62.1 Å². The fourth-order valence-corrected chi connectivity index (χ4v) is 3.71. The summed E-state index contributed by atoms with van der Waals surface area (Å²) in [6, 6.07) is 14.8. The predicted molar refractivity (Wildman–Crippen MR) is 119 cm³/mol. The van der Waals surface area contributed by atoms with E-state index in [9.17, 15) is 9.59 Å². The maximum absolute atomic E-state index is 13.2. The van der Waals surface area contributed by atoms with E-state index in [0.717, 1.165) is 30.1 Å². The zero-order valence-electron chi connectivity index (χ0n) is 18.2. The quantitative estimate of drug-likeness (QED) is 0.796. The molecule has 1 heterocycles. The Hall–Kier alpha value is -3.02. The molecule has 1 aliphatic heterocycles. The summed E-state index contributed by atoms with van der Waals surface area (Å²) < 4.78 is 5.31. The molecule has 0 bridgehead atoms. The van der Waals surface area contributed by atoms with Crippen molar-refractivity contribution < 1.29 is 14.3 Å². The van der Waals surface area contributed by atoms with Gasteiger partial charge in [0.2, 0.25) is 5.91 Å². The van der Waals surface area contributed by atoms with Gasteiger partial charge in [0, 0.05) is 43.5 Å². The van der Waals surface area contributed by atoms with Crippen LogP contribution in [0, 0.1) is 12.8 Å². The lowest BCUT2D eigenvalue weighted by atomic mass is 10.0. The monoisotopic (exact) mass is 409 g/mol. The predicted octanol–water partition coefficient (Wildman–Crippen LogP) is 3.11. The molecule has 2 aromatic carbocycles. The van der Waals surface area contributed by atoms with Crippen molar-refractivity contribution >= 4 is 17.5 Å². The molecule has 0 aliphatic carbocycles. The van der Waals surface area contributed by atoms with E-state index in [1.165, 1.54) is 0 Å². The number of carbonyl (C=O) groups is 2. The molecule has 0 aromatic heterocycles. The Morgan fingerprint density at radius 1 is 1.00 bits per heavy atom. The second kappa shape index (κ2) is 9.65. The number of carbonyl (C=O) groups excluding carboxylic acids is 2. The molecule has 3 rings (SSSR count). The SMILES string of the molecule is COc1cccc(N2CCN(C(=O)C(NC(=O)c3cccc(C)c3)C(C)C)CC2)c1. The van der Waals surface area contributed by atoms with Crippen LogP contribution in [0.15, 0.2) is 48.5 Å². The number of ether oxygens (including phenoxy) is 1. The minimum atomic E-state index is -0.540. The van der Waals surface area contributed by atoms with Gasteiger partial charge in [-0.1, -0.05) is 37.6 Å². The molecule has 1 atom stereocenters. The van der Waals surface area contributed by atoms with Gasteiger partial charge in [0.05, 0.1) is 7.11 Å². The Labute approximate surface area is 178 Å². The van der Waals surface area contributed by atoms with Crippen molar-refractivity contribution in [1.82, 2.24) is 10.2 Å². The third-order valence-electron chi connectivity index (χ3n) is 5.51. The largest absolute Gasteiger partial charge is 0.497 e. The van der Waals surface area contributed by atoms with Crippen LogP contribution in [0.3, 0.4) is 0 Å². The van der Waals surface area contributed by atoms with Crippen LogP contribution in [0.1, 0.15) is 29.8 Å². The molecule has 30 heavy (non-hydrogen) atoms. The summed E-state index contributed by atoms with van der Waals surface area (Å²) in [5, 5.41) is 2.95. The summed E-state index contributed by atoms with van der Waals surface area (Å²) in [5.41, 5.74) is 2.69. The first kappa shape index (κ1) is 21.7. The van der Waals surface area contributed by atoms with Gasteiger partial charge in [-0.2, -0.15) is 0 Å². The van der Waals surface area contributed by atoms with Crippen LogP contribution in [-0.2, 0) is 4.79 Å². The Morgan fingerprint density at radius 3 is 2.33 bits per heavy atom. The highest BCUT2D eigenvalue weighted by atomic mass is 16.5. The first-order chi connectivity index (χ1) is 14.4. The molecule has 160 valence electrons. The summed E-state index contributed by atoms with van der Waals surface area (Å²) in [6.45, 7) is 8.62. The lowest BCUT2D eigenvalue weighted by Crippen LogP contribution is -2.56. The third kappa shape index (κ3) is 5.12. The summed E-state index contributed by atoms with van der Waals surface area (Å²) in [5.74, 6) is 0.601. The van der Waals surface area contributed by atoms with Crippen molar-refractivity contribution in [1.29, 1.82) is 0 Å². The number of hydrogen-bond acceptors (Lipinski definition) is 4. The van der Waals surface area contributed by atoms with Crippen LogP contribution >= 0.6 is 0 Å². The molecule has 0 radical (unpaired) electrons. The molecule has 0 saturated carbocycles. The molecular formula is C24H31N3O3. The number of nitrogens with one attached hydrogen (secondary N) is 1. The maximum Gasteiger partial charge on any atom is 0.251 e. The van der Waals surface area contributed by atoms with E-state index in [1.54, 1.807) is 13.2 Å². The molecule has 2 aromatic rings. The zero-order chi connectivity index (χ0) is 21.7. The lowest BCUT2D eigenvalue weighted by Gasteiger charge is -2.38. The van der Waals surface area contributed by atoms with Gasteiger partial charge in [-0.15, -0.1) is 0 Å². The van der Waals surface area contributed by atoms with E-state index in [-0.39, 0.29) is 17.7 Å². The third-order valence-corrected chi connectivity index (χ3v) is 5.51. The van der Waals surface area contributed by atoms with Crippen molar-refractivity contribution in [3.8, 4) is 5.75 Å². The van der Waals surface area contributed by atoms with Crippen LogP contribution in [0.2, 0.25) is 0 Å². The van der Waals surface area contributed by atoms with E-state index in [4.69, 9.17) is 4.74 Å². The number of amides is 2. The van der Waals surface area contributed by atoms with Crippen LogP contribution in [0.25, 0.3) is 0 Å². The van der Waals surface area contributed by atoms with Gasteiger partial charge < -0.3 is 19.9 Å². The molecule has 1 saturated heterocycles. The van der Waals surface area contributed by atoms with Gasteiger partial charge in [-0.3, -0.25) is 9.59 Å². The summed E-state index contributed by atoms with van der Waals surface area (Å²) in [4.78, 5) is 30.0. The fraction of sp³-hybridized carbons (Fsp3) is 0.417. The van der Waals surface area contributed by atoms with Crippen molar-refractivity contribution in [3.63, 3.8) is 0 Å². The lowest BCUT2D eigenvalue weighted by molar-refractivity contribution is -0.134. The molecule has 1 fully saturated rings. The molecule has 0 spiro atoms. The normalized spacial score (nSPS) is 15.1. The number of benzene rings is 2. The van der Waals surface area contributed by atoms with E-state index < -0.39 is 6.04 Å². The van der Waals surface area contributed by atoms with Gasteiger partial charge in [0.1, 0.15) is 11.8 Å². The highest BCUT2D eigenvalue weighted by Crippen LogP contribution is 2.22. The fourth-order valence-electron chi connectivity index (χ4n) is 3.71. The van der Waals surface area contributed by atoms with Gasteiger partial charge in [-0.05, 0) is 37.1 Å². The maximum atomic E-state index is 13.2. The summed E-state index contributed by atoms with van der Waals surface area (Å²) in [6.07, 6.45) is 0. The number of rotatable bonds is 6. The van der Waals surface area contributed by atoms with E-state index in [2.05, 4.69) is 16.3 Å². The average Bonchev–Trinajstić information content (AvgIpc) is 2.76. The number of nitrogens with zero attached hydrogens (tertiary/aromatic N) is 2. The standard InChI is InChI=1S/C24H31N3O3/c1-17(2)22(25-23(28)19-8-5-7-18(3)15-19)24(29)27-13-11-26(12-14-27)20-9-6-10-21(16-20)30-4/h5-10,15-17,22H,11-14H2,1-4H3,(H,25,28). The summed E-state index contributed by atoms with van der Waals surface area (Å²) >= 11 is 0. The second-order valence-corrected chi connectivity index (χ2v) is 8.08. The molecular weight excluding hydrogens is 378 g/mol. The van der Waals surface area contributed by atoms with Crippen molar-refractivity contribution in [2.24, 2.45) is 5.92 Å². The number of piperazine rings is 1. The number of anilines is 1. The number of aryl methyl sites for hydroxylation is 1. The molecule has 6 nitrogen and oxygen atoms in total. The second-order valence-electron chi connectivity index (χ2n) is 8.08. The Bertz CT molecular complexity index is 889. The minimum Gasteiger partial charge on any atom is -0.497 e. The molecule has 1 N–H and O–H groups in total. The summed E-state index contributed by atoms with van der Waals surface area (Å²) in [7, 11) is 1.66. The van der Waals surface area contributed by atoms with Crippen molar-refractivity contribution in [2.75, 3.05) is 38.2 Å². The van der Waals surface area contributed by atoms with Gasteiger partial charge in [-0.25, -0.2) is 0 Å². The Morgan fingerprint density at radius 2 is 1.70 bits per heavy atom. The van der Waals surface area contributed by atoms with Gasteiger partial charge in [0.15, 0.2) is 0 Å². The first-order valence-corrected chi connectivity index (χ1v) is 10.4. The number of methoxy groups -OCH3 is 1. The van der Waals surface area contributed by atoms with Crippen LogP contribution in [0.5, 0.6) is 5.75 Å². The van der Waals surface area contributed by atoms with Gasteiger partial charge in [0.25, 0.3) is 5.91 Å². The first-order valence-electron chi connectivity index (χ1n) is 10.4. The highest BCUT2D eigenvalue weighted by Gasteiger charge is 2.31. The van der Waals surface area contributed by atoms with Crippen LogP contribution in [0.4, 0.5) is 5.69 Å². The smallest absolute Gasteiger partial charge is 0.251 e. The van der Waals surface area contributed by atoms with Crippen LogP contribution < -0.4 is 15.0 Å². The molecule has 2 amide bonds.